The van der Waals surface area contributed by atoms with E-state index in [0.717, 1.165) is 46.4 Å². The Morgan fingerprint density at radius 3 is 2.33 bits per heavy atom. The zero-order valence-corrected chi connectivity index (χ0v) is 22.5. The number of alkyl halides is 3. The third-order valence-electron chi connectivity index (χ3n) is 7.04. The highest BCUT2D eigenvalue weighted by Crippen LogP contribution is 2.54. The summed E-state index contributed by atoms with van der Waals surface area (Å²) >= 11 is 1.95. The molecule has 1 saturated heterocycles. The van der Waals surface area contributed by atoms with Crippen molar-refractivity contribution in [3.63, 3.8) is 0 Å². The van der Waals surface area contributed by atoms with Crippen LogP contribution in [0.15, 0.2) is 82.6 Å². The maximum atomic E-state index is 13.8. The normalized spacial score (nSPS) is 20.4. The monoisotopic (exact) mass is 582 g/mol. The van der Waals surface area contributed by atoms with Gasteiger partial charge in [-0.3, -0.25) is 14.4 Å². The standard InChI is InChI=1S/C29H21F3N2O4S2/c1-15-6-8-16(9-7-15)14-38-18-12-10-17(11-13-18)21-22-24(39-25-23(21)40-28(37)33-25)27(36)34(26(22)35)20-5-3-2-4-19(20)29(30,31)32/h2-13,21-22,24H,14H2,1H3,(H,33,37)/t21-,22-,24+/m0/s1. The van der Waals surface area contributed by atoms with Crippen LogP contribution in [0.2, 0.25) is 0 Å². The van der Waals surface area contributed by atoms with E-state index in [1.165, 1.54) is 12.1 Å². The van der Waals surface area contributed by atoms with Gasteiger partial charge in [-0.15, -0.1) is 0 Å². The summed E-state index contributed by atoms with van der Waals surface area (Å²) in [6, 6.07) is 19.5. The van der Waals surface area contributed by atoms with Crippen molar-refractivity contribution in [1.29, 1.82) is 0 Å². The van der Waals surface area contributed by atoms with Gasteiger partial charge in [0.15, 0.2) is 0 Å². The van der Waals surface area contributed by atoms with Gasteiger partial charge in [-0.25, -0.2) is 4.90 Å². The van der Waals surface area contributed by atoms with Crippen molar-refractivity contribution in [2.45, 2.75) is 35.9 Å². The lowest BCUT2D eigenvalue weighted by atomic mass is 9.83. The van der Waals surface area contributed by atoms with Gasteiger partial charge in [0.05, 0.1) is 22.2 Å². The van der Waals surface area contributed by atoms with Gasteiger partial charge in [0, 0.05) is 10.8 Å². The molecule has 1 N–H and O–H groups in total. The Morgan fingerprint density at radius 2 is 1.62 bits per heavy atom. The molecule has 204 valence electrons. The number of thiazole rings is 1. The van der Waals surface area contributed by atoms with Crippen LogP contribution in [0, 0.1) is 12.8 Å². The topological polar surface area (TPSA) is 79.5 Å². The van der Waals surface area contributed by atoms with Crippen LogP contribution in [0.25, 0.3) is 0 Å². The summed E-state index contributed by atoms with van der Waals surface area (Å²) in [5.41, 5.74) is 1.24. The SMILES string of the molecule is Cc1ccc(COc2ccc([C@@H]3c4sc(=O)[nH]c4S[C@H]4C(=O)N(c5ccccc5C(F)(F)F)C(=O)[C@@H]34)cc2)cc1. The number of thioether (sulfide) groups is 1. The molecule has 11 heteroatoms. The number of para-hydroxylation sites is 1. The summed E-state index contributed by atoms with van der Waals surface area (Å²) in [7, 11) is 0. The quantitative estimate of drug-likeness (QED) is 0.286. The third-order valence-corrected chi connectivity index (χ3v) is 9.44. The minimum atomic E-state index is -4.75. The molecular formula is C29H21F3N2O4S2. The highest BCUT2D eigenvalue weighted by Gasteiger charge is 2.57. The Balaban J connectivity index is 1.35. The smallest absolute Gasteiger partial charge is 0.418 e. The van der Waals surface area contributed by atoms with Crippen molar-refractivity contribution in [2.24, 2.45) is 5.92 Å². The number of aryl methyl sites for hydroxylation is 1. The Labute approximate surface area is 234 Å². The summed E-state index contributed by atoms with van der Waals surface area (Å²) < 4.78 is 47.3. The summed E-state index contributed by atoms with van der Waals surface area (Å²) in [6.07, 6.45) is -4.75. The van der Waals surface area contributed by atoms with E-state index in [4.69, 9.17) is 4.74 Å². The number of benzene rings is 3. The van der Waals surface area contributed by atoms with Crippen LogP contribution in [0.5, 0.6) is 5.75 Å². The van der Waals surface area contributed by atoms with Gasteiger partial charge in [-0.1, -0.05) is 77.2 Å². The molecule has 3 heterocycles. The predicted molar refractivity (Wildman–Crippen MR) is 146 cm³/mol. The first-order chi connectivity index (χ1) is 19.1. The van der Waals surface area contributed by atoms with Crippen LogP contribution < -0.4 is 14.5 Å². The number of amides is 2. The molecule has 4 aromatic rings. The Morgan fingerprint density at radius 1 is 0.925 bits per heavy atom. The van der Waals surface area contributed by atoms with E-state index < -0.39 is 46.3 Å². The van der Waals surface area contributed by atoms with Gasteiger partial charge >= 0.3 is 11.0 Å². The van der Waals surface area contributed by atoms with E-state index in [0.29, 0.717) is 32.7 Å². The van der Waals surface area contributed by atoms with Gasteiger partial charge in [0.1, 0.15) is 17.6 Å². The fourth-order valence-corrected chi connectivity index (χ4v) is 7.66. The molecule has 0 aliphatic carbocycles. The molecular weight excluding hydrogens is 561 g/mol. The van der Waals surface area contributed by atoms with Gasteiger partial charge in [-0.2, -0.15) is 13.2 Å². The first-order valence-corrected chi connectivity index (χ1v) is 14.0. The molecule has 2 aliphatic rings. The number of fused-ring (bicyclic) bond motifs is 2. The van der Waals surface area contributed by atoms with E-state index in [1.54, 1.807) is 24.3 Å². The number of hydrogen-bond acceptors (Lipinski definition) is 6. The van der Waals surface area contributed by atoms with E-state index in [2.05, 4.69) is 4.98 Å². The van der Waals surface area contributed by atoms with Gasteiger partial charge in [-0.05, 0) is 42.3 Å². The van der Waals surface area contributed by atoms with Crippen molar-refractivity contribution in [2.75, 3.05) is 4.90 Å². The van der Waals surface area contributed by atoms with E-state index >= 15 is 0 Å². The molecule has 0 bridgehead atoms. The number of imide groups is 1. The Kier molecular flexibility index (Phi) is 6.58. The van der Waals surface area contributed by atoms with Crippen LogP contribution >= 0.6 is 23.1 Å². The number of H-pyrrole nitrogens is 1. The van der Waals surface area contributed by atoms with E-state index in [1.807, 2.05) is 31.2 Å². The van der Waals surface area contributed by atoms with Crippen molar-refractivity contribution in [1.82, 2.24) is 4.98 Å². The molecule has 2 aliphatic heterocycles. The summed E-state index contributed by atoms with van der Waals surface area (Å²) in [5.74, 6) is -2.57. The zero-order valence-electron chi connectivity index (χ0n) is 20.9. The van der Waals surface area contributed by atoms with Crippen molar-refractivity contribution in [3.05, 3.63) is 110 Å². The number of halogens is 3. The summed E-state index contributed by atoms with van der Waals surface area (Å²) in [4.78, 5) is 43.2. The number of aromatic amines is 1. The van der Waals surface area contributed by atoms with E-state index in [-0.39, 0.29) is 4.87 Å². The molecule has 6 nitrogen and oxygen atoms in total. The second-order valence-corrected chi connectivity index (χ2v) is 11.8. The predicted octanol–water partition coefficient (Wildman–Crippen LogP) is 6.14. The Hall–Kier alpha value is -3.83. The van der Waals surface area contributed by atoms with Crippen LogP contribution in [0.1, 0.15) is 33.0 Å². The second kappa shape index (κ2) is 9.97. The molecule has 3 atom stereocenters. The zero-order chi connectivity index (χ0) is 28.2. The van der Waals surface area contributed by atoms with E-state index in [9.17, 15) is 27.6 Å². The van der Waals surface area contributed by atoms with Crippen molar-refractivity contribution >= 4 is 40.6 Å². The average molecular weight is 583 g/mol. The Bertz CT molecular complexity index is 1660. The molecule has 3 aromatic carbocycles. The van der Waals surface area contributed by atoms with Crippen molar-refractivity contribution < 1.29 is 27.5 Å². The van der Waals surface area contributed by atoms with Crippen LogP contribution in [-0.4, -0.2) is 22.0 Å². The number of aromatic nitrogens is 1. The number of nitrogens with one attached hydrogen (secondary N) is 1. The van der Waals surface area contributed by atoms with Crippen LogP contribution in [0.4, 0.5) is 18.9 Å². The lowest BCUT2D eigenvalue weighted by molar-refractivity contribution is -0.137. The number of carbonyl (C=O) groups is 2. The fraction of sp³-hybridized carbons (Fsp3) is 0.207. The van der Waals surface area contributed by atoms with Gasteiger partial charge < -0.3 is 9.72 Å². The lowest BCUT2D eigenvalue weighted by Gasteiger charge is -2.29. The average Bonchev–Trinajstić information content (AvgIpc) is 3.42. The highest BCUT2D eigenvalue weighted by atomic mass is 32.2. The fourth-order valence-electron chi connectivity index (χ4n) is 5.14. The molecule has 1 fully saturated rings. The lowest BCUT2D eigenvalue weighted by Crippen LogP contribution is -2.33. The van der Waals surface area contributed by atoms with Gasteiger partial charge in [0.25, 0.3) is 0 Å². The molecule has 0 unspecified atom stereocenters. The maximum Gasteiger partial charge on any atom is 0.418 e. The third kappa shape index (κ3) is 4.62. The summed E-state index contributed by atoms with van der Waals surface area (Å²) in [6.45, 7) is 2.36. The molecule has 6 rings (SSSR count). The maximum absolute atomic E-state index is 13.8. The number of anilines is 1. The number of rotatable bonds is 5. The van der Waals surface area contributed by atoms with Gasteiger partial charge in [0.2, 0.25) is 11.8 Å². The number of carbonyl (C=O) groups excluding carboxylic acids is 2. The number of ether oxygens (including phenoxy) is 1. The number of nitrogens with zero attached hydrogens (tertiary/aromatic N) is 1. The highest BCUT2D eigenvalue weighted by molar-refractivity contribution is 8.00. The first-order valence-electron chi connectivity index (χ1n) is 12.3. The molecule has 1 aromatic heterocycles. The molecule has 2 amide bonds. The molecule has 0 spiro atoms. The molecule has 0 radical (unpaired) electrons. The minimum absolute atomic E-state index is 0.334. The summed E-state index contributed by atoms with van der Waals surface area (Å²) in [5, 5.41) is -0.540. The largest absolute Gasteiger partial charge is 0.489 e. The molecule has 0 saturated carbocycles. The molecule has 40 heavy (non-hydrogen) atoms. The van der Waals surface area contributed by atoms with Crippen LogP contribution in [-0.2, 0) is 22.4 Å². The number of hydrogen-bond donors (Lipinski definition) is 1. The minimum Gasteiger partial charge on any atom is -0.489 e. The second-order valence-electron chi connectivity index (χ2n) is 9.62. The van der Waals surface area contributed by atoms with Crippen molar-refractivity contribution in [3.8, 4) is 5.75 Å². The first kappa shape index (κ1) is 26.4. The van der Waals surface area contributed by atoms with Crippen LogP contribution in [0.3, 0.4) is 0 Å².